The van der Waals surface area contributed by atoms with Crippen molar-refractivity contribution in [2.75, 3.05) is 12.4 Å². The number of nitrogens with one attached hydrogen (secondary N) is 1. The van der Waals surface area contributed by atoms with Gasteiger partial charge in [-0.15, -0.1) is 11.8 Å². The van der Waals surface area contributed by atoms with E-state index in [1.165, 1.54) is 11.8 Å². The summed E-state index contributed by atoms with van der Waals surface area (Å²) in [7, 11) is 0. The molecule has 0 aromatic heterocycles. The van der Waals surface area contributed by atoms with Crippen LogP contribution in [0.15, 0.2) is 24.3 Å². The predicted octanol–water partition coefficient (Wildman–Crippen LogP) is 0.887. The molecule has 3 N–H and O–H groups in total. The van der Waals surface area contributed by atoms with Gasteiger partial charge in [0, 0.05) is 5.75 Å². The van der Waals surface area contributed by atoms with E-state index in [1.807, 2.05) is 0 Å². The fourth-order valence-electron chi connectivity index (χ4n) is 1.52. The Morgan fingerprint density at radius 3 is 2.94 bits per heavy atom. The minimum atomic E-state index is -0.845. The van der Waals surface area contributed by atoms with E-state index in [1.54, 1.807) is 24.3 Å². The molecular formula is C11H13NO4S. The lowest BCUT2D eigenvalue weighted by Gasteiger charge is -2.13. The van der Waals surface area contributed by atoms with Crippen molar-refractivity contribution in [3.05, 3.63) is 24.3 Å². The molecule has 1 fully saturated rings. The summed E-state index contributed by atoms with van der Waals surface area (Å²) in [5.41, 5.74) is 0. The highest BCUT2D eigenvalue weighted by Gasteiger charge is 2.29. The van der Waals surface area contributed by atoms with Crippen molar-refractivity contribution in [1.29, 1.82) is 0 Å². The summed E-state index contributed by atoms with van der Waals surface area (Å²) < 4.78 is 5.42. The second-order valence-corrected chi connectivity index (χ2v) is 4.89. The highest BCUT2D eigenvalue weighted by molar-refractivity contribution is 8.00. The molecule has 1 saturated heterocycles. The maximum Gasteiger partial charge on any atom is 0.321 e. The van der Waals surface area contributed by atoms with Crippen LogP contribution in [0.3, 0.4) is 0 Å². The Labute approximate surface area is 103 Å². The molecular weight excluding hydrogens is 242 g/mol. The number of aromatic hydroxyl groups is 1. The Bertz CT molecular complexity index is 412. The molecule has 0 aliphatic carbocycles. The molecule has 0 bridgehead atoms. The molecule has 0 amide bonds. The topological polar surface area (TPSA) is 78.8 Å². The maximum atomic E-state index is 10.7. The van der Waals surface area contributed by atoms with Gasteiger partial charge >= 0.3 is 5.97 Å². The first-order chi connectivity index (χ1) is 8.16. The number of hydrogen-bond donors (Lipinski definition) is 3. The summed E-state index contributed by atoms with van der Waals surface area (Å²) in [5, 5.41) is 21.2. The van der Waals surface area contributed by atoms with Crippen LogP contribution in [0.4, 0.5) is 0 Å². The summed E-state index contributed by atoms with van der Waals surface area (Å²) in [4.78, 5) is 10.7. The number of rotatable bonds is 4. The minimum absolute atomic E-state index is 0.0595. The second-order valence-electron chi connectivity index (χ2n) is 3.66. The Balaban J connectivity index is 1.84. The number of carboxylic acid groups (broad SMARTS) is 1. The maximum absolute atomic E-state index is 10.7. The van der Waals surface area contributed by atoms with Crippen molar-refractivity contribution in [2.24, 2.45) is 0 Å². The van der Waals surface area contributed by atoms with Crippen molar-refractivity contribution in [3.8, 4) is 11.5 Å². The Morgan fingerprint density at radius 2 is 2.29 bits per heavy atom. The number of para-hydroxylation sites is 2. The number of aliphatic carboxylic acids is 1. The predicted molar refractivity (Wildman–Crippen MR) is 64.4 cm³/mol. The van der Waals surface area contributed by atoms with Gasteiger partial charge in [0.25, 0.3) is 0 Å². The van der Waals surface area contributed by atoms with E-state index >= 15 is 0 Å². The number of phenols is 1. The molecule has 1 aromatic rings. The fourth-order valence-corrected chi connectivity index (χ4v) is 2.60. The van der Waals surface area contributed by atoms with Crippen LogP contribution >= 0.6 is 11.8 Å². The number of phenolic OH excluding ortho intramolecular Hbond substituents is 1. The smallest absolute Gasteiger partial charge is 0.321 e. The third-order valence-corrected chi connectivity index (χ3v) is 3.61. The quantitative estimate of drug-likeness (QED) is 0.741. The number of hydrogen-bond acceptors (Lipinski definition) is 5. The van der Waals surface area contributed by atoms with Gasteiger partial charge in [0.1, 0.15) is 12.6 Å². The van der Waals surface area contributed by atoms with Gasteiger partial charge in [-0.05, 0) is 12.1 Å². The van der Waals surface area contributed by atoms with Crippen molar-refractivity contribution in [1.82, 2.24) is 5.32 Å². The highest BCUT2D eigenvalue weighted by Crippen LogP contribution is 2.26. The summed E-state index contributed by atoms with van der Waals surface area (Å²) in [5.74, 6) is 0.186. The second kappa shape index (κ2) is 5.29. The first-order valence-corrected chi connectivity index (χ1v) is 6.23. The van der Waals surface area contributed by atoms with Crippen LogP contribution in [0.5, 0.6) is 11.5 Å². The summed E-state index contributed by atoms with van der Waals surface area (Å²) in [6.07, 6.45) is 0. The fraction of sp³-hybridized carbons (Fsp3) is 0.364. The SMILES string of the molecule is O=C(O)[C@@H]1CSC(COc2ccccc2O)N1. The van der Waals surface area contributed by atoms with Crippen LogP contribution < -0.4 is 10.1 Å². The van der Waals surface area contributed by atoms with Gasteiger partial charge < -0.3 is 14.9 Å². The highest BCUT2D eigenvalue weighted by atomic mass is 32.2. The largest absolute Gasteiger partial charge is 0.504 e. The molecule has 1 heterocycles. The number of benzene rings is 1. The van der Waals surface area contributed by atoms with E-state index in [2.05, 4.69) is 5.32 Å². The molecule has 0 radical (unpaired) electrons. The molecule has 17 heavy (non-hydrogen) atoms. The van der Waals surface area contributed by atoms with Gasteiger partial charge in [0.2, 0.25) is 0 Å². The molecule has 5 nitrogen and oxygen atoms in total. The molecule has 1 aromatic carbocycles. The third kappa shape index (κ3) is 3.04. The van der Waals surface area contributed by atoms with E-state index in [-0.39, 0.29) is 11.1 Å². The van der Waals surface area contributed by atoms with Crippen LogP contribution in [0.25, 0.3) is 0 Å². The van der Waals surface area contributed by atoms with Gasteiger partial charge in [-0.3, -0.25) is 10.1 Å². The average molecular weight is 255 g/mol. The van der Waals surface area contributed by atoms with Gasteiger partial charge in [-0.1, -0.05) is 12.1 Å². The molecule has 92 valence electrons. The normalized spacial score (nSPS) is 23.5. The lowest BCUT2D eigenvalue weighted by molar-refractivity contribution is -0.138. The summed E-state index contributed by atoms with van der Waals surface area (Å²) >= 11 is 1.51. The number of carboxylic acids is 1. The molecule has 2 rings (SSSR count). The van der Waals surface area contributed by atoms with Crippen molar-refractivity contribution in [3.63, 3.8) is 0 Å². The summed E-state index contributed by atoms with van der Waals surface area (Å²) in [6, 6.07) is 6.18. The van der Waals surface area contributed by atoms with Crippen LogP contribution in [0.2, 0.25) is 0 Å². The van der Waals surface area contributed by atoms with Gasteiger partial charge in [-0.2, -0.15) is 0 Å². The lowest BCUT2D eigenvalue weighted by Crippen LogP contribution is -2.38. The van der Waals surface area contributed by atoms with E-state index in [0.29, 0.717) is 18.1 Å². The van der Waals surface area contributed by atoms with Crippen LogP contribution in [0, 0.1) is 0 Å². The van der Waals surface area contributed by atoms with Gasteiger partial charge in [-0.25, -0.2) is 0 Å². The van der Waals surface area contributed by atoms with Gasteiger partial charge in [0.15, 0.2) is 11.5 Å². The zero-order valence-corrected chi connectivity index (χ0v) is 9.81. The zero-order chi connectivity index (χ0) is 12.3. The van der Waals surface area contributed by atoms with Crippen LogP contribution in [-0.2, 0) is 4.79 Å². The number of ether oxygens (including phenoxy) is 1. The van der Waals surface area contributed by atoms with E-state index in [9.17, 15) is 9.90 Å². The van der Waals surface area contributed by atoms with Crippen molar-refractivity contribution in [2.45, 2.75) is 11.4 Å². The average Bonchev–Trinajstić information content (AvgIpc) is 2.77. The molecule has 1 unspecified atom stereocenters. The van der Waals surface area contributed by atoms with Crippen LogP contribution in [0.1, 0.15) is 0 Å². The molecule has 0 saturated carbocycles. The first-order valence-electron chi connectivity index (χ1n) is 5.18. The Hall–Kier alpha value is -1.40. The van der Waals surface area contributed by atoms with Gasteiger partial charge in [0.05, 0.1) is 5.37 Å². The molecule has 6 heteroatoms. The van der Waals surface area contributed by atoms with E-state index < -0.39 is 12.0 Å². The molecule has 0 spiro atoms. The van der Waals surface area contributed by atoms with E-state index in [0.717, 1.165) is 0 Å². The third-order valence-electron chi connectivity index (χ3n) is 2.40. The zero-order valence-electron chi connectivity index (χ0n) is 9.00. The summed E-state index contributed by atoms with van der Waals surface area (Å²) in [6.45, 7) is 0.325. The van der Waals surface area contributed by atoms with E-state index in [4.69, 9.17) is 9.84 Å². The van der Waals surface area contributed by atoms with Crippen molar-refractivity contribution < 1.29 is 19.7 Å². The lowest BCUT2D eigenvalue weighted by atomic mass is 10.3. The Morgan fingerprint density at radius 1 is 1.53 bits per heavy atom. The monoisotopic (exact) mass is 255 g/mol. The molecule has 2 atom stereocenters. The number of carbonyl (C=O) groups is 1. The Kier molecular flexibility index (Phi) is 3.75. The minimum Gasteiger partial charge on any atom is -0.504 e. The molecule has 1 aliphatic heterocycles. The van der Waals surface area contributed by atoms with Crippen molar-refractivity contribution >= 4 is 17.7 Å². The molecule has 1 aliphatic rings. The standard InChI is InChI=1S/C11H13NO4S/c13-8-3-1-2-4-9(8)16-5-10-12-7(6-17-10)11(14)15/h1-4,7,10,12-13H,5-6H2,(H,14,15)/t7-,10?/m0/s1. The first kappa shape index (κ1) is 12.1. The van der Waals surface area contributed by atoms with Crippen LogP contribution in [-0.4, -0.2) is 40.0 Å². The number of thioether (sulfide) groups is 1.